The second kappa shape index (κ2) is 4.61. The summed E-state index contributed by atoms with van der Waals surface area (Å²) in [5, 5.41) is 7.00. The summed E-state index contributed by atoms with van der Waals surface area (Å²) in [5.74, 6) is -0.248. The first-order valence-corrected chi connectivity index (χ1v) is 5.11. The van der Waals surface area contributed by atoms with Crippen molar-refractivity contribution in [2.24, 2.45) is 0 Å². The molecule has 0 bridgehead atoms. The molecular formula is C12H12N4O. The van der Waals surface area contributed by atoms with Gasteiger partial charge < -0.3 is 5.32 Å². The fourth-order valence-corrected chi connectivity index (χ4v) is 1.40. The van der Waals surface area contributed by atoms with Gasteiger partial charge in [-0.1, -0.05) is 6.58 Å². The summed E-state index contributed by atoms with van der Waals surface area (Å²) in [6.07, 6.45) is 6.36. The van der Waals surface area contributed by atoms with E-state index >= 15 is 0 Å². The Hall–Kier alpha value is -2.43. The topological polar surface area (TPSA) is 59.8 Å². The molecule has 5 nitrogen and oxygen atoms in total. The standard InChI is InChI=1S/C12H12N4O/c1-3-12(17)14-11-8-16(15-9(11)2)10-4-6-13-7-5-10/h3-8H,1H2,2H3,(H,14,17). The second-order valence-corrected chi connectivity index (χ2v) is 3.47. The average molecular weight is 228 g/mol. The third-order valence-corrected chi connectivity index (χ3v) is 2.27. The second-order valence-electron chi connectivity index (χ2n) is 3.47. The Morgan fingerprint density at radius 3 is 2.82 bits per heavy atom. The number of nitrogens with zero attached hydrogens (tertiary/aromatic N) is 3. The summed E-state index contributed by atoms with van der Waals surface area (Å²) in [6, 6.07) is 3.68. The fraction of sp³-hybridized carbons (Fsp3) is 0.0833. The zero-order valence-electron chi connectivity index (χ0n) is 9.42. The van der Waals surface area contributed by atoms with Crippen molar-refractivity contribution in [3.8, 4) is 5.69 Å². The molecule has 2 aromatic heterocycles. The van der Waals surface area contributed by atoms with Crippen LogP contribution in [0, 0.1) is 6.92 Å². The van der Waals surface area contributed by atoms with Gasteiger partial charge in [0.05, 0.1) is 23.3 Å². The Kier molecular flexibility index (Phi) is 3.00. The molecule has 0 aromatic carbocycles. The van der Waals surface area contributed by atoms with Gasteiger partial charge in [0.15, 0.2) is 0 Å². The third-order valence-electron chi connectivity index (χ3n) is 2.27. The molecule has 0 unspecified atom stereocenters. The smallest absolute Gasteiger partial charge is 0.247 e. The van der Waals surface area contributed by atoms with Crippen LogP contribution in [0.4, 0.5) is 5.69 Å². The number of hydrogen-bond acceptors (Lipinski definition) is 3. The summed E-state index contributed by atoms with van der Waals surface area (Å²) in [5.41, 5.74) is 2.31. The maximum Gasteiger partial charge on any atom is 0.247 e. The van der Waals surface area contributed by atoms with E-state index in [9.17, 15) is 4.79 Å². The molecule has 0 radical (unpaired) electrons. The lowest BCUT2D eigenvalue weighted by atomic mass is 10.4. The number of hydrogen-bond donors (Lipinski definition) is 1. The van der Waals surface area contributed by atoms with E-state index in [0.717, 1.165) is 11.4 Å². The van der Waals surface area contributed by atoms with Crippen molar-refractivity contribution in [3.63, 3.8) is 0 Å². The maximum absolute atomic E-state index is 11.2. The van der Waals surface area contributed by atoms with E-state index < -0.39 is 0 Å². The van der Waals surface area contributed by atoms with Crippen LogP contribution >= 0.6 is 0 Å². The van der Waals surface area contributed by atoms with E-state index in [2.05, 4.69) is 22.0 Å². The van der Waals surface area contributed by atoms with E-state index in [-0.39, 0.29) is 5.91 Å². The van der Waals surface area contributed by atoms with Gasteiger partial charge in [0.2, 0.25) is 5.91 Å². The van der Waals surface area contributed by atoms with Crippen LogP contribution < -0.4 is 5.32 Å². The van der Waals surface area contributed by atoms with Crippen molar-refractivity contribution in [1.29, 1.82) is 0 Å². The Labute approximate surface area is 98.8 Å². The molecule has 2 aromatic rings. The zero-order valence-corrected chi connectivity index (χ0v) is 9.42. The van der Waals surface area contributed by atoms with Crippen LogP contribution in [0.5, 0.6) is 0 Å². The monoisotopic (exact) mass is 228 g/mol. The lowest BCUT2D eigenvalue weighted by molar-refractivity contribution is -0.111. The van der Waals surface area contributed by atoms with Crippen LogP contribution in [0.3, 0.4) is 0 Å². The Morgan fingerprint density at radius 2 is 2.18 bits per heavy atom. The van der Waals surface area contributed by atoms with Gasteiger partial charge in [-0.3, -0.25) is 9.78 Å². The number of carbonyl (C=O) groups is 1. The van der Waals surface area contributed by atoms with Crippen LogP contribution in [0.1, 0.15) is 5.69 Å². The molecule has 0 spiro atoms. The van der Waals surface area contributed by atoms with Crippen LogP contribution in [0.25, 0.3) is 5.69 Å². The molecule has 2 heterocycles. The van der Waals surface area contributed by atoms with Crippen LogP contribution in [-0.4, -0.2) is 20.7 Å². The van der Waals surface area contributed by atoms with Crippen molar-refractivity contribution in [3.05, 3.63) is 49.1 Å². The highest BCUT2D eigenvalue weighted by molar-refractivity contribution is 5.99. The van der Waals surface area contributed by atoms with E-state index in [1.165, 1.54) is 6.08 Å². The first-order chi connectivity index (χ1) is 8.20. The molecule has 0 atom stereocenters. The Bertz CT molecular complexity index is 545. The molecule has 0 aliphatic carbocycles. The minimum absolute atomic E-state index is 0.248. The largest absolute Gasteiger partial charge is 0.320 e. The minimum atomic E-state index is -0.248. The van der Waals surface area contributed by atoms with Gasteiger partial charge in [-0.15, -0.1) is 0 Å². The van der Waals surface area contributed by atoms with E-state index in [1.807, 2.05) is 19.1 Å². The average Bonchev–Trinajstić information content (AvgIpc) is 2.72. The van der Waals surface area contributed by atoms with Gasteiger partial charge in [0, 0.05) is 12.4 Å². The molecule has 17 heavy (non-hydrogen) atoms. The molecule has 0 fully saturated rings. The van der Waals surface area contributed by atoms with Gasteiger partial charge in [0.1, 0.15) is 0 Å². The number of carbonyl (C=O) groups excluding carboxylic acids is 1. The highest BCUT2D eigenvalue weighted by atomic mass is 16.1. The highest BCUT2D eigenvalue weighted by Crippen LogP contribution is 2.15. The molecule has 1 amide bonds. The SMILES string of the molecule is C=CC(=O)Nc1cn(-c2ccncc2)nc1C. The van der Waals surface area contributed by atoms with Crippen molar-refractivity contribution in [2.45, 2.75) is 6.92 Å². The van der Waals surface area contributed by atoms with Crippen molar-refractivity contribution in [1.82, 2.24) is 14.8 Å². The maximum atomic E-state index is 11.2. The van der Waals surface area contributed by atoms with E-state index in [0.29, 0.717) is 5.69 Å². The predicted molar refractivity (Wildman–Crippen MR) is 64.9 cm³/mol. The summed E-state index contributed by atoms with van der Waals surface area (Å²) < 4.78 is 1.69. The summed E-state index contributed by atoms with van der Waals surface area (Å²) >= 11 is 0. The molecule has 0 aliphatic rings. The lowest BCUT2D eigenvalue weighted by Crippen LogP contribution is -2.07. The Morgan fingerprint density at radius 1 is 1.47 bits per heavy atom. The lowest BCUT2D eigenvalue weighted by Gasteiger charge is -1.99. The molecule has 0 saturated heterocycles. The normalized spacial score (nSPS) is 9.94. The van der Waals surface area contributed by atoms with Crippen LogP contribution in [0.2, 0.25) is 0 Å². The van der Waals surface area contributed by atoms with E-state index in [1.54, 1.807) is 23.3 Å². The number of rotatable bonds is 3. The van der Waals surface area contributed by atoms with Crippen LogP contribution in [0.15, 0.2) is 43.4 Å². The molecule has 86 valence electrons. The molecular weight excluding hydrogens is 216 g/mol. The Balaban J connectivity index is 2.31. The molecule has 1 N–H and O–H groups in total. The number of aryl methyl sites for hydroxylation is 1. The fourth-order valence-electron chi connectivity index (χ4n) is 1.40. The van der Waals surface area contributed by atoms with Crippen LogP contribution in [-0.2, 0) is 4.79 Å². The van der Waals surface area contributed by atoms with Crippen molar-refractivity contribution < 1.29 is 4.79 Å². The molecule has 0 saturated carbocycles. The summed E-state index contributed by atoms with van der Waals surface area (Å²) in [4.78, 5) is 15.1. The van der Waals surface area contributed by atoms with Gasteiger partial charge in [0.25, 0.3) is 0 Å². The summed E-state index contributed by atoms with van der Waals surface area (Å²) in [6.45, 7) is 5.23. The van der Waals surface area contributed by atoms with E-state index in [4.69, 9.17) is 0 Å². The van der Waals surface area contributed by atoms with Gasteiger partial charge >= 0.3 is 0 Å². The number of pyridine rings is 1. The van der Waals surface area contributed by atoms with Gasteiger partial charge in [-0.25, -0.2) is 4.68 Å². The number of anilines is 1. The molecule has 2 rings (SSSR count). The molecule has 0 aliphatic heterocycles. The third kappa shape index (κ3) is 2.39. The quantitative estimate of drug-likeness (QED) is 0.813. The number of amides is 1. The van der Waals surface area contributed by atoms with Crippen molar-refractivity contribution >= 4 is 11.6 Å². The van der Waals surface area contributed by atoms with Gasteiger partial charge in [-0.2, -0.15) is 5.10 Å². The summed E-state index contributed by atoms with van der Waals surface area (Å²) in [7, 11) is 0. The minimum Gasteiger partial charge on any atom is -0.320 e. The predicted octanol–water partition coefficient (Wildman–Crippen LogP) is 1.70. The molecule has 5 heteroatoms. The van der Waals surface area contributed by atoms with Gasteiger partial charge in [-0.05, 0) is 25.1 Å². The van der Waals surface area contributed by atoms with Crippen molar-refractivity contribution in [2.75, 3.05) is 5.32 Å². The first-order valence-electron chi connectivity index (χ1n) is 5.11. The zero-order chi connectivity index (χ0) is 12.3. The highest BCUT2D eigenvalue weighted by Gasteiger charge is 2.07. The number of aromatic nitrogens is 3. The number of nitrogens with one attached hydrogen (secondary N) is 1. The first kappa shape index (κ1) is 11.1.